The van der Waals surface area contributed by atoms with Gasteiger partial charge in [0.25, 0.3) is 0 Å². The van der Waals surface area contributed by atoms with Gasteiger partial charge in [0.05, 0.1) is 12.6 Å². The van der Waals surface area contributed by atoms with E-state index in [-0.39, 0.29) is 24.6 Å². The van der Waals surface area contributed by atoms with Gasteiger partial charge in [-0.05, 0) is 32.9 Å². The fraction of sp³-hybridized carbons (Fsp3) is 0.500. The van der Waals surface area contributed by atoms with Crippen LogP contribution in [0, 0.1) is 0 Å². The third-order valence-corrected chi connectivity index (χ3v) is 2.94. The maximum Gasteiger partial charge on any atom is 0.241 e. The number of carbonyl (C=O) groups excluding carboxylic acids is 1. The number of benzene rings is 1. The van der Waals surface area contributed by atoms with Crippen molar-refractivity contribution in [1.82, 2.24) is 4.90 Å². The van der Waals surface area contributed by atoms with Gasteiger partial charge in [-0.2, -0.15) is 0 Å². The maximum atomic E-state index is 12.1. The lowest BCUT2D eigenvalue weighted by atomic mass is 10.2. The highest BCUT2D eigenvalue weighted by Crippen LogP contribution is 2.10. The number of carbonyl (C=O) groups is 1. The predicted octanol–water partition coefficient (Wildman–Crippen LogP) is 1.72. The highest BCUT2D eigenvalue weighted by Gasteiger charge is 2.22. The zero-order valence-corrected chi connectivity index (χ0v) is 11.3. The minimum absolute atomic E-state index is 0.0525. The van der Waals surface area contributed by atoms with Gasteiger partial charge in [-0.3, -0.25) is 9.69 Å². The summed E-state index contributed by atoms with van der Waals surface area (Å²) in [5, 5.41) is 11.9. The third-order valence-electron chi connectivity index (χ3n) is 2.94. The zero-order chi connectivity index (χ0) is 13.5. The lowest BCUT2D eigenvalue weighted by Crippen LogP contribution is -2.47. The molecule has 0 radical (unpaired) electrons. The van der Waals surface area contributed by atoms with Gasteiger partial charge in [0.15, 0.2) is 0 Å². The van der Waals surface area contributed by atoms with Crippen molar-refractivity contribution in [3.05, 3.63) is 30.3 Å². The standard InChI is InChI=1S/C14H22N2O2/c1-11(2)16(9-10-17)12(3)14(18)15-13-7-5-4-6-8-13/h4-8,11-12,17H,9-10H2,1-3H3,(H,15,18). The molecule has 0 spiro atoms. The molecular formula is C14H22N2O2. The number of amides is 1. The molecule has 0 bridgehead atoms. The molecule has 100 valence electrons. The number of nitrogens with one attached hydrogen (secondary N) is 1. The van der Waals surface area contributed by atoms with Gasteiger partial charge in [-0.25, -0.2) is 0 Å². The minimum Gasteiger partial charge on any atom is -0.395 e. The van der Waals surface area contributed by atoms with Crippen LogP contribution in [-0.2, 0) is 4.79 Å². The van der Waals surface area contributed by atoms with E-state index < -0.39 is 0 Å². The number of anilines is 1. The van der Waals surface area contributed by atoms with E-state index in [2.05, 4.69) is 5.32 Å². The van der Waals surface area contributed by atoms with E-state index in [4.69, 9.17) is 5.11 Å². The summed E-state index contributed by atoms with van der Waals surface area (Å²) >= 11 is 0. The molecule has 0 fully saturated rings. The number of hydrogen-bond acceptors (Lipinski definition) is 3. The summed E-state index contributed by atoms with van der Waals surface area (Å²) in [7, 11) is 0. The molecule has 0 heterocycles. The summed E-state index contributed by atoms with van der Waals surface area (Å²) in [5.74, 6) is -0.0525. The van der Waals surface area contributed by atoms with Crippen molar-refractivity contribution in [2.75, 3.05) is 18.5 Å². The van der Waals surface area contributed by atoms with E-state index in [0.29, 0.717) is 6.54 Å². The molecule has 0 aliphatic carbocycles. The molecule has 1 unspecified atom stereocenters. The Morgan fingerprint density at radius 3 is 2.39 bits per heavy atom. The summed E-state index contributed by atoms with van der Waals surface area (Å²) in [6.07, 6.45) is 0. The number of para-hydroxylation sites is 1. The van der Waals surface area contributed by atoms with Crippen LogP contribution in [0.3, 0.4) is 0 Å². The van der Waals surface area contributed by atoms with Gasteiger partial charge < -0.3 is 10.4 Å². The van der Waals surface area contributed by atoms with Gasteiger partial charge in [0.1, 0.15) is 0 Å². The predicted molar refractivity (Wildman–Crippen MR) is 73.5 cm³/mol. The number of aliphatic hydroxyl groups excluding tert-OH is 1. The monoisotopic (exact) mass is 250 g/mol. The Labute approximate surface area is 109 Å². The molecule has 0 aliphatic heterocycles. The van der Waals surface area contributed by atoms with Crippen molar-refractivity contribution in [1.29, 1.82) is 0 Å². The second-order valence-corrected chi connectivity index (χ2v) is 4.59. The lowest BCUT2D eigenvalue weighted by Gasteiger charge is -2.31. The van der Waals surface area contributed by atoms with Crippen LogP contribution in [0.25, 0.3) is 0 Å². The van der Waals surface area contributed by atoms with Crippen molar-refractivity contribution < 1.29 is 9.90 Å². The Morgan fingerprint density at radius 1 is 1.28 bits per heavy atom. The molecule has 1 atom stereocenters. The van der Waals surface area contributed by atoms with E-state index >= 15 is 0 Å². The first-order valence-corrected chi connectivity index (χ1v) is 6.28. The first-order chi connectivity index (χ1) is 8.56. The second kappa shape index (κ2) is 7.13. The highest BCUT2D eigenvalue weighted by molar-refractivity contribution is 5.94. The molecule has 4 nitrogen and oxygen atoms in total. The smallest absolute Gasteiger partial charge is 0.241 e. The fourth-order valence-corrected chi connectivity index (χ4v) is 1.93. The summed E-state index contributed by atoms with van der Waals surface area (Å²) in [4.78, 5) is 14.1. The van der Waals surface area contributed by atoms with Gasteiger partial charge >= 0.3 is 0 Å². The Hall–Kier alpha value is -1.39. The second-order valence-electron chi connectivity index (χ2n) is 4.59. The largest absolute Gasteiger partial charge is 0.395 e. The molecule has 0 aromatic heterocycles. The molecule has 1 aromatic carbocycles. The normalized spacial score (nSPS) is 12.8. The Balaban J connectivity index is 2.65. The van der Waals surface area contributed by atoms with Gasteiger partial charge in [0, 0.05) is 18.3 Å². The summed E-state index contributed by atoms with van der Waals surface area (Å²) in [6.45, 7) is 6.44. The zero-order valence-electron chi connectivity index (χ0n) is 11.3. The van der Waals surface area contributed by atoms with Gasteiger partial charge in [-0.15, -0.1) is 0 Å². The van der Waals surface area contributed by atoms with Crippen molar-refractivity contribution in [2.24, 2.45) is 0 Å². The molecule has 0 saturated carbocycles. The van der Waals surface area contributed by atoms with Gasteiger partial charge in [0.2, 0.25) is 5.91 Å². The highest BCUT2D eigenvalue weighted by atomic mass is 16.3. The molecule has 1 rings (SSSR count). The van der Waals surface area contributed by atoms with E-state index in [1.165, 1.54) is 0 Å². The van der Waals surface area contributed by atoms with Crippen LogP contribution >= 0.6 is 0 Å². The lowest BCUT2D eigenvalue weighted by molar-refractivity contribution is -0.121. The van der Waals surface area contributed by atoms with Crippen LogP contribution in [0.5, 0.6) is 0 Å². The van der Waals surface area contributed by atoms with E-state index in [1.807, 2.05) is 56.0 Å². The van der Waals surface area contributed by atoms with E-state index in [0.717, 1.165) is 5.69 Å². The van der Waals surface area contributed by atoms with Crippen molar-refractivity contribution in [2.45, 2.75) is 32.9 Å². The van der Waals surface area contributed by atoms with Crippen LogP contribution in [0.4, 0.5) is 5.69 Å². The fourth-order valence-electron chi connectivity index (χ4n) is 1.93. The van der Waals surface area contributed by atoms with Crippen molar-refractivity contribution in [3.63, 3.8) is 0 Å². The topological polar surface area (TPSA) is 52.6 Å². The minimum atomic E-state index is -0.266. The number of rotatable bonds is 6. The van der Waals surface area contributed by atoms with Crippen molar-refractivity contribution in [3.8, 4) is 0 Å². The SMILES string of the molecule is CC(C)N(CCO)C(C)C(=O)Nc1ccccc1. The number of nitrogens with zero attached hydrogens (tertiary/aromatic N) is 1. The number of hydrogen-bond donors (Lipinski definition) is 2. The van der Waals surface area contributed by atoms with Crippen LogP contribution < -0.4 is 5.32 Å². The Morgan fingerprint density at radius 2 is 1.89 bits per heavy atom. The molecule has 2 N–H and O–H groups in total. The molecule has 1 aromatic rings. The summed E-state index contributed by atoms with van der Waals surface area (Å²) in [6, 6.07) is 9.34. The first kappa shape index (κ1) is 14.7. The van der Waals surface area contributed by atoms with Crippen LogP contribution in [0.15, 0.2) is 30.3 Å². The summed E-state index contributed by atoms with van der Waals surface area (Å²) < 4.78 is 0. The van der Waals surface area contributed by atoms with E-state index in [1.54, 1.807) is 0 Å². The molecule has 1 amide bonds. The molecule has 0 aliphatic rings. The molecule has 0 saturated heterocycles. The maximum absolute atomic E-state index is 12.1. The van der Waals surface area contributed by atoms with Crippen molar-refractivity contribution >= 4 is 11.6 Å². The average Bonchev–Trinajstić information content (AvgIpc) is 2.36. The molecule has 18 heavy (non-hydrogen) atoms. The number of aliphatic hydroxyl groups is 1. The van der Waals surface area contributed by atoms with Crippen LogP contribution in [0.1, 0.15) is 20.8 Å². The Bertz CT molecular complexity index is 365. The van der Waals surface area contributed by atoms with Crippen LogP contribution in [-0.4, -0.2) is 41.1 Å². The molecular weight excluding hydrogens is 228 g/mol. The molecule has 4 heteroatoms. The van der Waals surface area contributed by atoms with Gasteiger partial charge in [-0.1, -0.05) is 18.2 Å². The Kier molecular flexibility index (Phi) is 5.82. The average molecular weight is 250 g/mol. The first-order valence-electron chi connectivity index (χ1n) is 6.28. The van der Waals surface area contributed by atoms with E-state index in [9.17, 15) is 4.79 Å². The summed E-state index contributed by atoms with van der Waals surface area (Å²) in [5.41, 5.74) is 0.794. The van der Waals surface area contributed by atoms with Crippen LogP contribution in [0.2, 0.25) is 0 Å². The third kappa shape index (κ3) is 4.13. The quantitative estimate of drug-likeness (QED) is 0.808.